The summed E-state index contributed by atoms with van der Waals surface area (Å²) in [6.45, 7) is -1.29. The van der Waals surface area contributed by atoms with Gasteiger partial charge >= 0.3 is 5.97 Å². The van der Waals surface area contributed by atoms with Crippen LogP contribution >= 0.6 is 11.8 Å². The number of nitrogens with two attached hydrogens (primary N) is 1. The Hall–Kier alpha value is -3.09. The Labute approximate surface area is 194 Å². The lowest BCUT2D eigenvalue weighted by atomic mass is 10.0. The summed E-state index contributed by atoms with van der Waals surface area (Å²) in [5.41, 5.74) is 7.77. The third kappa shape index (κ3) is 7.77. The van der Waals surface area contributed by atoms with Crippen molar-refractivity contribution in [1.29, 1.82) is 0 Å². The Morgan fingerprint density at radius 3 is 2.45 bits per heavy atom. The lowest BCUT2D eigenvalue weighted by Crippen LogP contribution is -2.57. The molecule has 2 aromatic rings. The van der Waals surface area contributed by atoms with Crippen LogP contribution in [0.1, 0.15) is 12.0 Å². The lowest BCUT2D eigenvalue weighted by molar-refractivity contribution is -0.138. The molecule has 11 nitrogen and oxygen atoms in total. The number of para-hydroxylation sites is 1. The van der Waals surface area contributed by atoms with Gasteiger partial charge in [0.15, 0.2) is 0 Å². The fourth-order valence-electron chi connectivity index (χ4n) is 3.17. The second-order valence-corrected chi connectivity index (χ2v) is 8.35. The summed E-state index contributed by atoms with van der Waals surface area (Å²) in [6.07, 6.45) is 4.04. The molecule has 0 spiro atoms. The zero-order valence-corrected chi connectivity index (χ0v) is 19.0. The van der Waals surface area contributed by atoms with E-state index in [1.807, 2.05) is 30.5 Å². The van der Waals surface area contributed by atoms with Crippen LogP contribution in [0.15, 0.2) is 30.5 Å². The molecule has 3 atom stereocenters. The fourth-order valence-corrected chi connectivity index (χ4v) is 3.64. The molecule has 1 aromatic heterocycles. The Morgan fingerprint density at radius 1 is 1.09 bits per heavy atom. The first kappa shape index (κ1) is 26.2. The molecule has 1 heterocycles. The monoisotopic (exact) mass is 479 g/mol. The van der Waals surface area contributed by atoms with E-state index in [4.69, 9.17) is 10.8 Å². The van der Waals surface area contributed by atoms with E-state index in [1.165, 1.54) is 11.8 Å². The van der Waals surface area contributed by atoms with Crippen LogP contribution in [0.25, 0.3) is 10.9 Å². The van der Waals surface area contributed by atoms with Gasteiger partial charge in [-0.2, -0.15) is 11.8 Å². The first-order valence-electron chi connectivity index (χ1n) is 10.3. The minimum atomic E-state index is -1.32. The summed E-state index contributed by atoms with van der Waals surface area (Å²) < 4.78 is 0. The normalized spacial score (nSPS) is 13.7. The highest BCUT2D eigenvalue weighted by Gasteiger charge is 2.28. The Kier molecular flexibility index (Phi) is 10.2. The molecule has 180 valence electrons. The number of carbonyl (C=O) groups excluding carboxylic acids is 3. The molecule has 0 aliphatic carbocycles. The van der Waals surface area contributed by atoms with Crippen molar-refractivity contribution in [3.05, 3.63) is 36.0 Å². The average molecular weight is 480 g/mol. The first-order chi connectivity index (χ1) is 15.8. The number of carboxylic acid groups (broad SMARTS) is 1. The van der Waals surface area contributed by atoms with Gasteiger partial charge in [0.1, 0.15) is 18.6 Å². The zero-order valence-electron chi connectivity index (χ0n) is 18.2. The van der Waals surface area contributed by atoms with E-state index < -0.39 is 55.0 Å². The number of hydrogen-bond acceptors (Lipinski definition) is 7. The van der Waals surface area contributed by atoms with Crippen LogP contribution in [-0.4, -0.2) is 82.2 Å². The number of nitrogens with one attached hydrogen (secondary N) is 4. The van der Waals surface area contributed by atoms with Crippen molar-refractivity contribution in [2.75, 3.05) is 25.2 Å². The maximum atomic E-state index is 12.6. The van der Waals surface area contributed by atoms with Gasteiger partial charge in [-0.15, -0.1) is 0 Å². The molecule has 0 saturated carbocycles. The molecule has 2 rings (SSSR count). The largest absolute Gasteiger partial charge is 0.480 e. The number of rotatable bonds is 13. The number of hydrogen-bond donors (Lipinski definition) is 7. The molecule has 0 aliphatic rings. The van der Waals surface area contributed by atoms with Gasteiger partial charge in [-0.1, -0.05) is 18.2 Å². The highest BCUT2D eigenvalue weighted by molar-refractivity contribution is 7.98. The predicted octanol–water partition coefficient (Wildman–Crippen LogP) is -1.05. The summed E-state index contributed by atoms with van der Waals surface area (Å²) >= 11 is 1.44. The molecule has 3 unspecified atom stereocenters. The number of aromatic nitrogens is 1. The molecule has 33 heavy (non-hydrogen) atoms. The van der Waals surface area contributed by atoms with Crippen molar-refractivity contribution >= 4 is 46.4 Å². The van der Waals surface area contributed by atoms with Gasteiger partial charge in [0.25, 0.3) is 0 Å². The summed E-state index contributed by atoms with van der Waals surface area (Å²) in [6, 6.07) is 4.24. The number of carboxylic acids is 1. The van der Waals surface area contributed by atoms with Crippen molar-refractivity contribution in [3.8, 4) is 0 Å². The molecule has 0 radical (unpaired) electrons. The van der Waals surface area contributed by atoms with Crippen LogP contribution in [0.4, 0.5) is 0 Å². The number of H-pyrrole nitrogens is 1. The quantitative estimate of drug-likeness (QED) is 0.190. The van der Waals surface area contributed by atoms with E-state index in [0.717, 1.165) is 16.5 Å². The van der Waals surface area contributed by atoms with E-state index in [2.05, 4.69) is 20.9 Å². The van der Waals surface area contributed by atoms with Crippen molar-refractivity contribution < 1.29 is 29.4 Å². The molecule has 0 saturated heterocycles. The molecule has 3 amide bonds. The van der Waals surface area contributed by atoms with Crippen molar-refractivity contribution in [2.24, 2.45) is 5.73 Å². The standard InChI is InChI=1S/C21H29N5O6S/c1-33-7-6-16(20(31)24-10-18(28)29)25-21(32)17(11-27)26-19(30)14(22)8-12-9-23-15-5-3-2-4-13(12)15/h2-5,9,14,16-17,23,27H,6-8,10-11,22H2,1H3,(H,24,31)(H,25,32)(H,26,30)(H,28,29). The van der Waals surface area contributed by atoms with Crippen molar-refractivity contribution in [2.45, 2.75) is 31.0 Å². The molecule has 0 bridgehead atoms. The minimum Gasteiger partial charge on any atom is -0.480 e. The number of fused-ring (bicyclic) bond motifs is 1. The van der Waals surface area contributed by atoms with Gasteiger partial charge in [-0.3, -0.25) is 19.2 Å². The molecule has 12 heteroatoms. The fraction of sp³-hybridized carbons (Fsp3) is 0.429. The Bertz CT molecular complexity index is 981. The summed E-state index contributed by atoms with van der Waals surface area (Å²) in [7, 11) is 0. The SMILES string of the molecule is CSCCC(NC(=O)C(CO)NC(=O)C(N)Cc1c[nH]c2ccccc12)C(=O)NCC(=O)O. The van der Waals surface area contributed by atoms with Crippen molar-refractivity contribution in [3.63, 3.8) is 0 Å². The number of thioether (sulfide) groups is 1. The van der Waals surface area contributed by atoms with E-state index in [-0.39, 0.29) is 12.8 Å². The second kappa shape index (κ2) is 12.8. The molecule has 8 N–H and O–H groups in total. The number of carbonyl (C=O) groups is 4. The van der Waals surface area contributed by atoms with Gasteiger partial charge in [-0.25, -0.2) is 0 Å². The number of aliphatic hydroxyl groups excluding tert-OH is 1. The third-order valence-corrected chi connectivity index (χ3v) is 5.57. The van der Waals surface area contributed by atoms with Crippen LogP contribution in [0.3, 0.4) is 0 Å². The van der Waals surface area contributed by atoms with E-state index in [0.29, 0.717) is 5.75 Å². The maximum absolute atomic E-state index is 12.6. The van der Waals surface area contributed by atoms with Crippen LogP contribution in [0, 0.1) is 0 Å². The topological polar surface area (TPSA) is 187 Å². The van der Waals surface area contributed by atoms with Crippen LogP contribution in [0.5, 0.6) is 0 Å². The Morgan fingerprint density at radius 2 is 1.79 bits per heavy atom. The molecule has 0 fully saturated rings. The van der Waals surface area contributed by atoms with Gasteiger partial charge < -0.3 is 36.9 Å². The van der Waals surface area contributed by atoms with E-state index >= 15 is 0 Å². The van der Waals surface area contributed by atoms with Crippen LogP contribution < -0.4 is 21.7 Å². The average Bonchev–Trinajstić information content (AvgIpc) is 3.20. The van der Waals surface area contributed by atoms with Gasteiger partial charge in [-0.05, 0) is 36.5 Å². The number of aliphatic hydroxyl groups is 1. The number of benzene rings is 1. The van der Waals surface area contributed by atoms with E-state index in [1.54, 1.807) is 6.20 Å². The van der Waals surface area contributed by atoms with E-state index in [9.17, 15) is 24.3 Å². The molecule has 1 aromatic carbocycles. The summed E-state index contributed by atoms with van der Waals surface area (Å²) in [4.78, 5) is 51.2. The summed E-state index contributed by atoms with van der Waals surface area (Å²) in [5.74, 6) is -2.77. The van der Waals surface area contributed by atoms with Crippen molar-refractivity contribution in [1.82, 2.24) is 20.9 Å². The first-order valence-corrected chi connectivity index (χ1v) is 11.7. The Balaban J connectivity index is 1.98. The minimum absolute atomic E-state index is 0.212. The maximum Gasteiger partial charge on any atom is 0.322 e. The predicted molar refractivity (Wildman–Crippen MR) is 125 cm³/mol. The van der Waals surface area contributed by atoms with Gasteiger partial charge in [0, 0.05) is 17.1 Å². The third-order valence-electron chi connectivity index (χ3n) is 4.92. The van der Waals surface area contributed by atoms with Crippen LogP contribution in [0.2, 0.25) is 0 Å². The highest BCUT2D eigenvalue weighted by Crippen LogP contribution is 2.18. The number of aliphatic carboxylic acids is 1. The van der Waals surface area contributed by atoms with Gasteiger partial charge in [0.05, 0.1) is 12.6 Å². The summed E-state index contributed by atoms with van der Waals surface area (Å²) in [5, 5.41) is 26.4. The van der Waals surface area contributed by atoms with Gasteiger partial charge in [0.2, 0.25) is 17.7 Å². The van der Waals surface area contributed by atoms with Crippen LogP contribution in [-0.2, 0) is 25.6 Å². The second-order valence-electron chi connectivity index (χ2n) is 7.37. The molecular weight excluding hydrogens is 450 g/mol. The smallest absolute Gasteiger partial charge is 0.322 e. The zero-order chi connectivity index (χ0) is 24.4. The molecule has 0 aliphatic heterocycles. The number of amides is 3. The molecular formula is C21H29N5O6S. The lowest BCUT2D eigenvalue weighted by Gasteiger charge is -2.23. The number of aromatic amines is 1. The highest BCUT2D eigenvalue weighted by atomic mass is 32.2.